The number of ether oxygens (including phenoxy) is 1. The second-order valence-electron chi connectivity index (χ2n) is 4.28. The minimum absolute atomic E-state index is 0.216. The number of hydrogen-bond acceptors (Lipinski definition) is 3. The van der Waals surface area contributed by atoms with E-state index in [2.05, 4.69) is 4.98 Å². The van der Waals surface area contributed by atoms with Gasteiger partial charge in [0, 0.05) is 0 Å². The van der Waals surface area contributed by atoms with Crippen molar-refractivity contribution in [3.05, 3.63) is 53.2 Å². The lowest BCUT2D eigenvalue weighted by Gasteiger charge is -2.12. The molecular weight excluding hydrogens is 285 g/mol. The lowest BCUT2D eigenvalue weighted by Crippen LogP contribution is -2.16. The van der Waals surface area contributed by atoms with Gasteiger partial charge in [-0.25, -0.2) is 4.98 Å². The highest BCUT2D eigenvalue weighted by molar-refractivity contribution is 5.95. The van der Waals surface area contributed by atoms with Crippen molar-refractivity contribution in [2.24, 2.45) is 5.73 Å². The first-order valence-electron chi connectivity index (χ1n) is 5.90. The number of aromatic nitrogens is 1. The highest BCUT2D eigenvalue weighted by Gasteiger charge is 2.33. The maximum absolute atomic E-state index is 12.7. The van der Waals surface area contributed by atoms with E-state index in [9.17, 15) is 18.0 Å². The van der Waals surface area contributed by atoms with Crippen molar-refractivity contribution >= 4 is 5.91 Å². The number of primary amides is 1. The van der Waals surface area contributed by atoms with Gasteiger partial charge in [-0.05, 0) is 30.7 Å². The molecule has 0 unspecified atom stereocenters. The number of rotatable bonds is 3. The fourth-order valence-corrected chi connectivity index (χ4v) is 1.64. The van der Waals surface area contributed by atoms with Crippen molar-refractivity contribution in [1.82, 2.24) is 4.98 Å². The Bertz CT molecular complexity index is 684. The zero-order valence-electron chi connectivity index (χ0n) is 10.9. The van der Waals surface area contributed by atoms with E-state index >= 15 is 0 Å². The first kappa shape index (κ1) is 14.8. The van der Waals surface area contributed by atoms with Crippen LogP contribution in [0.5, 0.6) is 11.6 Å². The molecule has 2 aromatic rings. The molecule has 1 aromatic heterocycles. The predicted molar refractivity (Wildman–Crippen MR) is 69.0 cm³/mol. The van der Waals surface area contributed by atoms with E-state index in [1.165, 1.54) is 0 Å². The molecule has 21 heavy (non-hydrogen) atoms. The van der Waals surface area contributed by atoms with Crippen LogP contribution in [0.3, 0.4) is 0 Å². The molecule has 0 bridgehead atoms. The minimum atomic E-state index is -4.64. The summed E-state index contributed by atoms with van der Waals surface area (Å²) >= 11 is 0. The number of aryl methyl sites for hydroxylation is 1. The van der Waals surface area contributed by atoms with Gasteiger partial charge >= 0.3 is 6.18 Å². The summed E-state index contributed by atoms with van der Waals surface area (Å²) in [6, 6.07) is 8.31. The number of amides is 1. The van der Waals surface area contributed by atoms with Crippen LogP contribution >= 0.6 is 0 Å². The third kappa shape index (κ3) is 3.31. The van der Waals surface area contributed by atoms with Crippen molar-refractivity contribution in [2.75, 3.05) is 0 Å². The highest BCUT2D eigenvalue weighted by Crippen LogP contribution is 2.32. The quantitative estimate of drug-likeness (QED) is 0.945. The normalized spacial score (nSPS) is 11.2. The summed E-state index contributed by atoms with van der Waals surface area (Å²) in [5.41, 5.74) is 4.44. The van der Waals surface area contributed by atoms with Crippen molar-refractivity contribution in [2.45, 2.75) is 13.1 Å². The Kier molecular flexibility index (Phi) is 3.84. The lowest BCUT2D eigenvalue weighted by molar-refractivity contribution is -0.141. The molecule has 0 fully saturated rings. The third-order valence-electron chi connectivity index (χ3n) is 2.72. The number of nitrogens with zero attached hydrogens (tertiary/aromatic N) is 1. The number of hydrogen-bond donors (Lipinski definition) is 1. The van der Waals surface area contributed by atoms with Crippen LogP contribution in [0.4, 0.5) is 13.2 Å². The minimum Gasteiger partial charge on any atom is -0.438 e. The van der Waals surface area contributed by atoms with Crippen LogP contribution in [0.1, 0.15) is 21.6 Å². The molecule has 0 aliphatic heterocycles. The van der Waals surface area contributed by atoms with Crippen LogP contribution in [0.15, 0.2) is 36.4 Å². The molecule has 0 saturated heterocycles. The van der Waals surface area contributed by atoms with Gasteiger partial charge in [0.05, 0.1) is 0 Å². The van der Waals surface area contributed by atoms with Gasteiger partial charge in [0.25, 0.3) is 5.91 Å². The topological polar surface area (TPSA) is 65.2 Å². The maximum atomic E-state index is 12.7. The Balaban J connectivity index is 2.49. The number of halogens is 3. The zero-order valence-corrected chi connectivity index (χ0v) is 10.9. The summed E-state index contributed by atoms with van der Waals surface area (Å²) in [7, 11) is 0. The zero-order chi connectivity index (χ0) is 15.6. The molecule has 1 heterocycles. The number of alkyl halides is 3. The fraction of sp³-hybridized carbons (Fsp3) is 0.143. The molecule has 0 spiro atoms. The monoisotopic (exact) mass is 296 g/mol. The van der Waals surface area contributed by atoms with Gasteiger partial charge in [0.1, 0.15) is 17.0 Å². The fourth-order valence-electron chi connectivity index (χ4n) is 1.64. The van der Waals surface area contributed by atoms with Gasteiger partial charge in [-0.2, -0.15) is 13.2 Å². The average molecular weight is 296 g/mol. The number of benzene rings is 1. The molecule has 1 amide bonds. The van der Waals surface area contributed by atoms with Gasteiger partial charge in [0.15, 0.2) is 0 Å². The third-order valence-corrected chi connectivity index (χ3v) is 2.72. The Labute approximate surface area is 118 Å². The first-order valence-corrected chi connectivity index (χ1v) is 5.90. The maximum Gasteiger partial charge on any atom is 0.433 e. The Morgan fingerprint density at radius 1 is 1.19 bits per heavy atom. The van der Waals surface area contributed by atoms with Gasteiger partial charge in [-0.15, -0.1) is 0 Å². The van der Waals surface area contributed by atoms with Crippen LogP contribution in [-0.2, 0) is 6.18 Å². The predicted octanol–water partition coefficient (Wildman–Crippen LogP) is 3.30. The van der Waals surface area contributed by atoms with Crippen LogP contribution in [-0.4, -0.2) is 10.9 Å². The molecular formula is C14H11F3N2O2. The summed E-state index contributed by atoms with van der Waals surface area (Å²) in [5, 5.41) is 0. The van der Waals surface area contributed by atoms with E-state index in [-0.39, 0.29) is 5.56 Å². The molecule has 2 N–H and O–H groups in total. The standard InChI is InChI=1S/C14H11F3N2O2/c1-8-4-2-3-5-10(8)21-13-9(12(18)20)6-7-11(19-13)14(15,16)17/h2-7H,1H3,(H2,18,20). The second-order valence-corrected chi connectivity index (χ2v) is 4.28. The summed E-state index contributed by atoms with van der Waals surface area (Å²) in [6.45, 7) is 1.72. The Hall–Kier alpha value is -2.57. The Morgan fingerprint density at radius 2 is 1.86 bits per heavy atom. The SMILES string of the molecule is Cc1ccccc1Oc1nc(C(F)(F)F)ccc1C(N)=O. The van der Waals surface area contributed by atoms with E-state index < -0.39 is 23.7 Å². The summed E-state index contributed by atoms with van der Waals surface area (Å²) < 4.78 is 43.4. The Morgan fingerprint density at radius 3 is 2.43 bits per heavy atom. The number of pyridine rings is 1. The largest absolute Gasteiger partial charge is 0.438 e. The molecule has 7 heteroatoms. The van der Waals surface area contributed by atoms with Crippen LogP contribution in [0.25, 0.3) is 0 Å². The molecule has 0 atom stereocenters. The molecule has 2 rings (SSSR count). The number of carbonyl (C=O) groups is 1. The first-order chi connectivity index (χ1) is 9.79. The molecule has 4 nitrogen and oxygen atoms in total. The molecule has 0 aliphatic rings. The van der Waals surface area contributed by atoms with Crippen molar-refractivity contribution in [3.63, 3.8) is 0 Å². The second kappa shape index (κ2) is 5.43. The number of nitrogens with two attached hydrogens (primary N) is 1. The molecule has 0 aliphatic carbocycles. The summed E-state index contributed by atoms with van der Waals surface area (Å²) in [6.07, 6.45) is -4.64. The lowest BCUT2D eigenvalue weighted by atomic mass is 10.2. The van der Waals surface area contributed by atoms with Gasteiger partial charge < -0.3 is 10.5 Å². The number of para-hydroxylation sites is 1. The smallest absolute Gasteiger partial charge is 0.433 e. The van der Waals surface area contributed by atoms with Crippen molar-refractivity contribution in [1.29, 1.82) is 0 Å². The van der Waals surface area contributed by atoms with Crippen molar-refractivity contribution < 1.29 is 22.7 Å². The average Bonchev–Trinajstić information content (AvgIpc) is 2.40. The summed E-state index contributed by atoms with van der Waals surface area (Å²) in [5.74, 6) is -1.08. The van der Waals surface area contributed by atoms with E-state index in [0.29, 0.717) is 17.4 Å². The van der Waals surface area contributed by atoms with E-state index in [1.807, 2.05) is 0 Å². The van der Waals surface area contributed by atoms with E-state index in [1.54, 1.807) is 31.2 Å². The van der Waals surface area contributed by atoms with Crippen molar-refractivity contribution in [3.8, 4) is 11.6 Å². The van der Waals surface area contributed by atoms with Gasteiger partial charge in [0.2, 0.25) is 5.88 Å². The van der Waals surface area contributed by atoms with Gasteiger partial charge in [-0.3, -0.25) is 4.79 Å². The van der Waals surface area contributed by atoms with Crippen LogP contribution in [0, 0.1) is 6.92 Å². The molecule has 1 aromatic carbocycles. The van der Waals surface area contributed by atoms with Gasteiger partial charge in [-0.1, -0.05) is 18.2 Å². The van der Waals surface area contributed by atoms with E-state index in [0.717, 1.165) is 6.07 Å². The molecule has 0 saturated carbocycles. The summed E-state index contributed by atoms with van der Waals surface area (Å²) in [4.78, 5) is 14.6. The number of carbonyl (C=O) groups excluding carboxylic acids is 1. The van der Waals surface area contributed by atoms with Crippen LogP contribution < -0.4 is 10.5 Å². The molecule has 0 radical (unpaired) electrons. The van der Waals surface area contributed by atoms with Crippen LogP contribution in [0.2, 0.25) is 0 Å². The highest BCUT2D eigenvalue weighted by atomic mass is 19.4. The van der Waals surface area contributed by atoms with E-state index in [4.69, 9.17) is 10.5 Å². The molecule has 110 valence electrons.